The van der Waals surface area contributed by atoms with E-state index in [0.717, 1.165) is 11.3 Å². The Labute approximate surface area is 85.0 Å². The first kappa shape index (κ1) is 10.3. The molecule has 0 amide bonds. The maximum atomic E-state index is 5.56. The Morgan fingerprint density at radius 2 is 1.93 bits per heavy atom. The van der Waals surface area contributed by atoms with Gasteiger partial charge in [-0.3, -0.25) is 0 Å². The zero-order chi connectivity index (χ0) is 10.4. The molecule has 0 aromatic heterocycles. The molecule has 0 radical (unpaired) electrons. The van der Waals surface area contributed by atoms with Gasteiger partial charge in [-0.25, -0.2) is 0 Å². The highest BCUT2D eigenvalue weighted by molar-refractivity contribution is 5.29. The van der Waals surface area contributed by atoms with Gasteiger partial charge in [-0.15, -0.1) is 0 Å². The minimum atomic E-state index is 0.712. The van der Waals surface area contributed by atoms with Crippen molar-refractivity contribution in [2.24, 2.45) is 0 Å². The summed E-state index contributed by atoms with van der Waals surface area (Å²) in [5.41, 5.74) is 0.941. The Morgan fingerprint density at radius 3 is 2.43 bits per heavy atom. The van der Waals surface area contributed by atoms with Gasteiger partial charge in [0.25, 0.3) is 0 Å². The molecule has 0 saturated heterocycles. The van der Waals surface area contributed by atoms with Crippen LogP contribution in [0, 0.1) is 0 Å². The molecule has 0 spiro atoms. The number of hydrogen-bond donors (Lipinski definition) is 0. The lowest BCUT2D eigenvalue weighted by atomic mass is 10.3. The summed E-state index contributed by atoms with van der Waals surface area (Å²) in [7, 11) is 0. The van der Waals surface area contributed by atoms with Gasteiger partial charge in [0.1, 0.15) is 11.5 Å². The summed E-state index contributed by atoms with van der Waals surface area (Å²) in [5, 5.41) is 0. The van der Waals surface area contributed by atoms with E-state index < -0.39 is 0 Å². The van der Waals surface area contributed by atoms with Crippen LogP contribution < -0.4 is 4.74 Å². The van der Waals surface area contributed by atoms with Crippen LogP contribution in [0.4, 0.5) is 0 Å². The SMILES string of the molecule is C=C/C(=C\C(=C)C)Oc1ccccc1. The second kappa shape index (κ2) is 5.07. The first-order valence-electron chi connectivity index (χ1n) is 4.45. The van der Waals surface area contributed by atoms with Crippen molar-refractivity contribution in [3.05, 3.63) is 67.0 Å². The smallest absolute Gasteiger partial charge is 0.127 e. The second-order valence-electron chi connectivity index (χ2n) is 3.01. The molecule has 1 aromatic carbocycles. The Kier molecular flexibility index (Phi) is 3.74. The number of rotatable bonds is 4. The highest BCUT2D eigenvalue weighted by Crippen LogP contribution is 2.14. The van der Waals surface area contributed by atoms with Crippen LogP contribution in [0.3, 0.4) is 0 Å². The highest BCUT2D eigenvalue weighted by atomic mass is 16.5. The second-order valence-corrected chi connectivity index (χ2v) is 3.01. The van der Waals surface area contributed by atoms with Crippen LogP contribution in [-0.2, 0) is 0 Å². The van der Waals surface area contributed by atoms with Gasteiger partial charge in [-0.1, -0.05) is 36.9 Å². The molecule has 0 aliphatic carbocycles. The van der Waals surface area contributed by atoms with Gasteiger partial charge in [-0.2, -0.15) is 0 Å². The molecule has 14 heavy (non-hydrogen) atoms. The molecule has 1 rings (SSSR count). The predicted molar refractivity (Wildman–Crippen MR) is 60.2 cm³/mol. The van der Waals surface area contributed by atoms with Gasteiger partial charge in [0, 0.05) is 0 Å². The third-order valence-corrected chi connectivity index (χ3v) is 1.57. The van der Waals surface area contributed by atoms with Crippen LogP contribution in [-0.4, -0.2) is 0 Å². The quantitative estimate of drug-likeness (QED) is 0.514. The van der Waals surface area contributed by atoms with E-state index in [1.54, 1.807) is 6.08 Å². The van der Waals surface area contributed by atoms with E-state index in [9.17, 15) is 0 Å². The average molecular weight is 186 g/mol. The molecule has 0 aliphatic heterocycles. The molecule has 0 unspecified atom stereocenters. The molecular formula is C13H14O. The first-order chi connectivity index (χ1) is 6.72. The van der Waals surface area contributed by atoms with Crippen LogP contribution in [0.5, 0.6) is 5.75 Å². The minimum absolute atomic E-state index is 0.712. The fraction of sp³-hybridized carbons (Fsp3) is 0.0769. The van der Waals surface area contributed by atoms with Gasteiger partial charge in [-0.05, 0) is 31.2 Å². The highest BCUT2D eigenvalue weighted by Gasteiger charge is 1.94. The van der Waals surface area contributed by atoms with Gasteiger partial charge < -0.3 is 4.74 Å². The van der Waals surface area contributed by atoms with E-state index >= 15 is 0 Å². The van der Waals surface area contributed by atoms with E-state index in [2.05, 4.69) is 13.2 Å². The summed E-state index contributed by atoms with van der Waals surface area (Å²) in [5.74, 6) is 1.52. The van der Waals surface area contributed by atoms with E-state index in [1.807, 2.05) is 43.3 Å². The standard InChI is InChI=1S/C13H14O/c1-4-12(10-11(2)3)14-13-8-6-5-7-9-13/h4-10H,1-2H2,3H3/b12-10+. The molecule has 0 heterocycles. The molecule has 0 aliphatic rings. The maximum Gasteiger partial charge on any atom is 0.127 e. The number of ether oxygens (including phenoxy) is 1. The molecule has 0 N–H and O–H groups in total. The number of benzene rings is 1. The molecule has 72 valence electrons. The summed E-state index contributed by atoms with van der Waals surface area (Å²) >= 11 is 0. The fourth-order valence-electron chi connectivity index (χ4n) is 0.998. The number of allylic oxidation sites excluding steroid dienone is 3. The Balaban J connectivity index is 2.76. The van der Waals surface area contributed by atoms with Crippen LogP contribution in [0.25, 0.3) is 0 Å². The van der Waals surface area contributed by atoms with Gasteiger partial charge >= 0.3 is 0 Å². The molecule has 1 aromatic rings. The Hall–Kier alpha value is -1.76. The normalized spacial score (nSPS) is 10.8. The topological polar surface area (TPSA) is 9.23 Å². The molecule has 0 fully saturated rings. The number of hydrogen-bond acceptors (Lipinski definition) is 1. The minimum Gasteiger partial charge on any atom is -0.457 e. The van der Waals surface area contributed by atoms with Crippen molar-refractivity contribution in [1.82, 2.24) is 0 Å². The molecule has 0 atom stereocenters. The summed E-state index contributed by atoms with van der Waals surface area (Å²) in [6, 6.07) is 9.60. The lowest BCUT2D eigenvalue weighted by Gasteiger charge is -2.05. The largest absolute Gasteiger partial charge is 0.457 e. The van der Waals surface area contributed by atoms with Crippen molar-refractivity contribution >= 4 is 0 Å². The Morgan fingerprint density at radius 1 is 1.29 bits per heavy atom. The lowest BCUT2D eigenvalue weighted by Crippen LogP contribution is -1.91. The van der Waals surface area contributed by atoms with Crippen molar-refractivity contribution in [1.29, 1.82) is 0 Å². The average Bonchev–Trinajstić information content (AvgIpc) is 2.17. The monoisotopic (exact) mass is 186 g/mol. The van der Waals surface area contributed by atoms with Crippen molar-refractivity contribution in [3.8, 4) is 5.75 Å². The Bertz CT molecular complexity index is 347. The van der Waals surface area contributed by atoms with Gasteiger partial charge in [0.05, 0.1) is 0 Å². The molecule has 1 nitrogen and oxygen atoms in total. The first-order valence-corrected chi connectivity index (χ1v) is 4.45. The van der Waals surface area contributed by atoms with Crippen LogP contribution in [0.2, 0.25) is 0 Å². The third-order valence-electron chi connectivity index (χ3n) is 1.57. The molecular weight excluding hydrogens is 172 g/mol. The molecule has 0 bridgehead atoms. The molecule has 1 heteroatoms. The van der Waals surface area contributed by atoms with Crippen molar-refractivity contribution in [2.75, 3.05) is 0 Å². The van der Waals surface area contributed by atoms with E-state index in [1.165, 1.54) is 0 Å². The predicted octanol–water partition coefficient (Wildman–Crippen LogP) is 3.71. The summed E-state index contributed by atoms with van der Waals surface area (Å²) < 4.78 is 5.56. The van der Waals surface area contributed by atoms with Crippen LogP contribution in [0.15, 0.2) is 67.0 Å². The van der Waals surface area contributed by atoms with Crippen LogP contribution >= 0.6 is 0 Å². The maximum absolute atomic E-state index is 5.56. The third kappa shape index (κ3) is 3.31. The lowest BCUT2D eigenvalue weighted by molar-refractivity contribution is 0.444. The van der Waals surface area contributed by atoms with Crippen molar-refractivity contribution in [2.45, 2.75) is 6.92 Å². The van der Waals surface area contributed by atoms with Crippen molar-refractivity contribution in [3.63, 3.8) is 0 Å². The summed E-state index contributed by atoms with van der Waals surface area (Å²) in [6.07, 6.45) is 3.52. The van der Waals surface area contributed by atoms with Crippen LogP contribution in [0.1, 0.15) is 6.92 Å². The fourth-order valence-corrected chi connectivity index (χ4v) is 0.998. The van der Waals surface area contributed by atoms with E-state index in [4.69, 9.17) is 4.74 Å². The summed E-state index contributed by atoms with van der Waals surface area (Å²) in [6.45, 7) is 9.37. The molecule has 0 saturated carbocycles. The van der Waals surface area contributed by atoms with Gasteiger partial charge in [0.15, 0.2) is 0 Å². The van der Waals surface area contributed by atoms with E-state index in [0.29, 0.717) is 5.76 Å². The summed E-state index contributed by atoms with van der Waals surface area (Å²) in [4.78, 5) is 0. The number of para-hydroxylation sites is 1. The zero-order valence-corrected chi connectivity index (χ0v) is 8.36. The zero-order valence-electron chi connectivity index (χ0n) is 8.36. The van der Waals surface area contributed by atoms with Gasteiger partial charge in [0.2, 0.25) is 0 Å². The van der Waals surface area contributed by atoms with E-state index in [-0.39, 0.29) is 0 Å². The van der Waals surface area contributed by atoms with Crippen molar-refractivity contribution < 1.29 is 4.74 Å².